The van der Waals surface area contributed by atoms with Crippen LogP contribution in [0.2, 0.25) is 0 Å². The van der Waals surface area contributed by atoms with Crippen molar-refractivity contribution in [1.29, 1.82) is 5.26 Å². The Kier molecular flexibility index (Phi) is 4.19. The van der Waals surface area contributed by atoms with E-state index in [9.17, 15) is 4.79 Å². The van der Waals surface area contributed by atoms with Crippen LogP contribution in [0.15, 0.2) is 24.3 Å². The molecule has 1 saturated heterocycles. The number of nitrogens with one attached hydrogen (secondary N) is 1. The second kappa shape index (κ2) is 6.44. The molecule has 1 aromatic carbocycles. The quantitative estimate of drug-likeness (QED) is 0.909. The molecule has 2 heterocycles. The molecular formula is C15H17N7O. The fourth-order valence-electron chi connectivity index (χ4n) is 2.61. The number of aromatic nitrogens is 4. The standard InChI is InChI=1S/C15H17N7O/c1-21-19-14(18-20-21)12-5-2-6-13(8-12)17-15(23)22-7-3-4-11(9-16)10-22/h2,5-6,8,11H,3-4,7,10H2,1H3,(H,17,23). The first-order valence-electron chi connectivity index (χ1n) is 7.45. The van der Waals surface area contributed by atoms with Gasteiger partial charge in [0.05, 0.1) is 19.0 Å². The molecule has 8 nitrogen and oxygen atoms in total. The lowest BCUT2D eigenvalue weighted by atomic mass is 10.0. The average molecular weight is 311 g/mol. The van der Waals surface area contributed by atoms with E-state index < -0.39 is 0 Å². The number of hydrogen-bond acceptors (Lipinski definition) is 5. The molecule has 1 aromatic heterocycles. The van der Waals surface area contributed by atoms with Crippen LogP contribution in [0.5, 0.6) is 0 Å². The largest absolute Gasteiger partial charge is 0.323 e. The van der Waals surface area contributed by atoms with Crippen LogP contribution in [0.1, 0.15) is 12.8 Å². The minimum atomic E-state index is -0.186. The van der Waals surface area contributed by atoms with Gasteiger partial charge in [0.25, 0.3) is 0 Å². The predicted octanol–water partition coefficient (Wildman–Crippen LogP) is 1.64. The predicted molar refractivity (Wildman–Crippen MR) is 83.2 cm³/mol. The molecule has 0 saturated carbocycles. The van der Waals surface area contributed by atoms with Crippen molar-refractivity contribution in [3.8, 4) is 17.5 Å². The highest BCUT2D eigenvalue weighted by Crippen LogP contribution is 2.20. The summed E-state index contributed by atoms with van der Waals surface area (Å²) in [6.07, 6.45) is 1.71. The topological polar surface area (TPSA) is 99.7 Å². The Morgan fingerprint density at radius 3 is 3.09 bits per heavy atom. The van der Waals surface area contributed by atoms with Crippen LogP contribution in [-0.4, -0.2) is 44.2 Å². The lowest BCUT2D eigenvalue weighted by Crippen LogP contribution is -2.42. The zero-order valence-corrected chi connectivity index (χ0v) is 12.8. The molecule has 3 rings (SSSR count). The van der Waals surface area contributed by atoms with Crippen LogP contribution in [0.25, 0.3) is 11.4 Å². The molecule has 1 fully saturated rings. The Labute approximate surface area is 133 Å². The van der Waals surface area contributed by atoms with Crippen molar-refractivity contribution < 1.29 is 4.79 Å². The highest BCUT2D eigenvalue weighted by molar-refractivity contribution is 5.90. The first-order chi connectivity index (χ1) is 11.2. The Hall–Kier alpha value is -2.95. The summed E-state index contributed by atoms with van der Waals surface area (Å²) in [6, 6.07) is 9.36. The third kappa shape index (κ3) is 3.45. The molecule has 1 aliphatic heterocycles. The third-order valence-corrected chi connectivity index (χ3v) is 3.77. The number of carbonyl (C=O) groups is 1. The molecule has 1 N–H and O–H groups in total. The number of hydrogen-bond donors (Lipinski definition) is 1. The Morgan fingerprint density at radius 1 is 1.48 bits per heavy atom. The van der Waals surface area contributed by atoms with Gasteiger partial charge in [0, 0.05) is 24.3 Å². The highest BCUT2D eigenvalue weighted by atomic mass is 16.2. The second-order valence-corrected chi connectivity index (χ2v) is 5.53. The van der Waals surface area contributed by atoms with E-state index in [1.807, 2.05) is 18.2 Å². The minimum Gasteiger partial charge on any atom is -0.323 e. The number of aryl methyl sites for hydroxylation is 1. The highest BCUT2D eigenvalue weighted by Gasteiger charge is 2.23. The summed E-state index contributed by atoms with van der Waals surface area (Å²) in [7, 11) is 1.70. The number of urea groups is 1. The van der Waals surface area contributed by atoms with Crippen LogP contribution >= 0.6 is 0 Å². The fourth-order valence-corrected chi connectivity index (χ4v) is 2.61. The van der Waals surface area contributed by atoms with Gasteiger partial charge in [-0.15, -0.1) is 10.2 Å². The number of amides is 2. The van der Waals surface area contributed by atoms with Crippen molar-refractivity contribution in [3.05, 3.63) is 24.3 Å². The normalized spacial score (nSPS) is 17.6. The number of anilines is 1. The summed E-state index contributed by atoms with van der Waals surface area (Å²) in [5.41, 5.74) is 1.45. The fraction of sp³-hybridized carbons (Fsp3) is 0.400. The van der Waals surface area contributed by atoms with Gasteiger partial charge in [0.15, 0.2) is 0 Å². The van der Waals surface area contributed by atoms with E-state index in [4.69, 9.17) is 5.26 Å². The molecule has 8 heteroatoms. The zero-order valence-electron chi connectivity index (χ0n) is 12.8. The van der Waals surface area contributed by atoms with Crippen LogP contribution in [-0.2, 0) is 7.05 Å². The number of tetrazole rings is 1. The van der Waals surface area contributed by atoms with Gasteiger partial charge < -0.3 is 10.2 Å². The molecule has 2 aromatic rings. The molecule has 1 aliphatic rings. The van der Waals surface area contributed by atoms with Crippen molar-refractivity contribution in [2.45, 2.75) is 12.8 Å². The minimum absolute atomic E-state index is 0.0790. The van der Waals surface area contributed by atoms with Gasteiger partial charge >= 0.3 is 6.03 Å². The maximum absolute atomic E-state index is 12.3. The van der Waals surface area contributed by atoms with Crippen LogP contribution in [0, 0.1) is 17.2 Å². The van der Waals surface area contributed by atoms with Crippen LogP contribution < -0.4 is 5.32 Å². The number of benzene rings is 1. The molecule has 0 spiro atoms. The summed E-state index contributed by atoms with van der Waals surface area (Å²) in [6.45, 7) is 1.16. The Balaban J connectivity index is 1.70. The first kappa shape index (κ1) is 15.0. The monoisotopic (exact) mass is 311 g/mol. The van der Waals surface area contributed by atoms with Gasteiger partial charge in [-0.1, -0.05) is 12.1 Å². The molecule has 1 atom stereocenters. The summed E-state index contributed by atoms with van der Waals surface area (Å²) in [4.78, 5) is 15.4. The van der Waals surface area contributed by atoms with Gasteiger partial charge in [-0.2, -0.15) is 10.1 Å². The Bertz CT molecular complexity index is 748. The molecule has 2 amide bonds. The lowest BCUT2D eigenvalue weighted by molar-refractivity contribution is 0.189. The van der Waals surface area contributed by atoms with E-state index in [1.165, 1.54) is 4.80 Å². The number of piperidine rings is 1. The van der Waals surface area contributed by atoms with Crippen molar-refractivity contribution in [3.63, 3.8) is 0 Å². The molecule has 23 heavy (non-hydrogen) atoms. The molecule has 0 radical (unpaired) electrons. The number of likely N-dealkylation sites (tertiary alicyclic amines) is 1. The molecule has 118 valence electrons. The third-order valence-electron chi connectivity index (χ3n) is 3.77. The maximum Gasteiger partial charge on any atom is 0.321 e. The maximum atomic E-state index is 12.3. The van der Waals surface area contributed by atoms with Crippen LogP contribution in [0.3, 0.4) is 0 Å². The second-order valence-electron chi connectivity index (χ2n) is 5.53. The van der Waals surface area contributed by atoms with E-state index in [-0.39, 0.29) is 11.9 Å². The van der Waals surface area contributed by atoms with Crippen molar-refractivity contribution in [2.75, 3.05) is 18.4 Å². The van der Waals surface area contributed by atoms with E-state index >= 15 is 0 Å². The van der Waals surface area contributed by atoms with Crippen LogP contribution in [0.4, 0.5) is 10.5 Å². The zero-order chi connectivity index (χ0) is 16.2. The van der Waals surface area contributed by atoms with Crippen molar-refractivity contribution >= 4 is 11.7 Å². The van der Waals surface area contributed by atoms with Gasteiger partial charge in [-0.05, 0) is 30.2 Å². The van der Waals surface area contributed by atoms with Gasteiger partial charge in [0.1, 0.15) is 0 Å². The lowest BCUT2D eigenvalue weighted by Gasteiger charge is -2.29. The van der Waals surface area contributed by atoms with E-state index in [2.05, 4.69) is 26.8 Å². The Morgan fingerprint density at radius 2 is 2.35 bits per heavy atom. The number of nitriles is 1. The summed E-state index contributed by atoms with van der Waals surface area (Å²) >= 11 is 0. The van der Waals surface area contributed by atoms with Gasteiger partial charge in [-0.25, -0.2) is 4.79 Å². The molecular weight excluding hydrogens is 294 g/mol. The molecule has 0 bridgehead atoms. The van der Waals surface area contributed by atoms with Gasteiger partial charge in [-0.3, -0.25) is 0 Å². The van der Waals surface area contributed by atoms with Crippen molar-refractivity contribution in [2.24, 2.45) is 13.0 Å². The van der Waals surface area contributed by atoms with E-state index in [0.717, 1.165) is 18.4 Å². The van der Waals surface area contributed by atoms with Gasteiger partial charge in [0.2, 0.25) is 5.82 Å². The smallest absolute Gasteiger partial charge is 0.321 e. The molecule has 1 unspecified atom stereocenters. The number of carbonyl (C=O) groups excluding carboxylic acids is 1. The summed E-state index contributed by atoms with van der Waals surface area (Å²) in [5.74, 6) is 0.427. The summed E-state index contributed by atoms with van der Waals surface area (Å²) in [5, 5.41) is 23.8. The van der Waals surface area contributed by atoms with E-state index in [1.54, 1.807) is 18.0 Å². The van der Waals surface area contributed by atoms with E-state index in [0.29, 0.717) is 24.6 Å². The van der Waals surface area contributed by atoms with Crippen molar-refractivity contribution in [1.82, 2.24) is 25.1 Å². The molecule has 0 aliphatic carbocycles. The summed E-state index contributed by atoms with van der Waals surface area (Å²) < 4.78 is 0. The SMILES string of the molecule is Cn1nnc(-c2cccc(NC(=O)N3CCCC(C#N)C3)c2)n1. The number of nitrogens with zero attached hydrogens (tertiary/aromatic N) is 6. The first-order valence-corrected chi connectivity index (χ1v) is 7.45. The number of rotatable bonds is 2. The average Bonchev–Trinajstić information content (AvgIpc) is 3.02.